The van der Waals surface area contributed by atoms with Crippen LogP contribution in [0.4, 0.5) is 0 Å². The smallest absolute Gasteiger partial charge is 0.245 e. The molecule has 9 amide bonds. The van der Waals surface area contributed by atoms with Crippen molar-refractivity contribution in [3.8, 4) is 0 Å². The molecule has 21 nitrogen and oxygen atoms in total. The predicted molar refractivity (Wildman–Crippen MR) is 235 cm³/mol. The third kappa shape index (κ3) is 20.4. The lowest BCUT2D eigenvalue weighted by molar-refractivity contribution is -0.136. The van der Waals surface area contributed by atoms with Gasteiger partial charge in [-0.25, -0.2) is 0 Å². The molecule has 0 aliphatic carbocycles. The van der Waals surface area contributed by atoms with Gasteiger partial charge in [-0.05, 0) is 102 Å². The Kier molecular flexibility index (Phi) is 25.6. The normalized spacial score (nSPS) is 23.1. The fourth-order valence-electron chi connectivity index (χ4n) is 6.87. The first-order valence-electron chi connectivity index (χ1n) is 22.4. The molecular weight excluding hydrogens is 819 g/mol. The van der Waals surface area contributed by atoms with Crippen molar-refractivity contribution in [3.63, 3.8) is 0 Å². The van der Waals surface area contributed by atoms with Gasteiger partial charge in [-0.2, -0.15) is 0 Å². The molecule has 0 spiro atoms. The molecule has 1 fully saturated rings. The quantitative estimate of drug-likeness (QED) is 0.0523. The van der Waals surface area contributed by atoms with E-state index in [1.54, 1.807) is 6.92 Å². The number of carbonyl (C=O) groups is 9. The number of hydrogen-bond acceptors (Lipinski definition) is 12. The van der Waals surface area contributed by atoms with E-state index in [0.29, 0.717) is 32.1 Å². The van der Waals surface area contributed by atoms with Gasteiger partial charge in [0.2, 0.25) is 53.2 Å². The summed E-state index contributed by atoms with van der Waals surface area (Å²) in [6, 6.07) is -10.0. The van der Waals surface area contributed by atoms with E-state index in [9.17, 15) is 48.3 Å². The summed E-state index contributed by atoms with van der Waals surface area (Å²) in [7, 11) is 0. The van der Waals surface area contributed by atoms with Crippen molar-refractivity contribution in [2.45, 2.75) is 180 Å². The number of aliphatic hydroxyl groups is 1. The minimum Gasteiger partial charge on any atom is -0.391 e. The molecule has 1 aliphatic heterocycles. The molecule has 0 saturated carbocycles. The van der Waals surface area contributed by atoms with E-state index in [1.165, 1.54) is 13.8 Å². The lowest BCUT2D eigenvalue weighted by Gasteiger charge is -2.29. The number of aliphatic hydroxyl groups excluding tert-OH is 1. The third-order valence-electron chi connectivity index (χ3n) is 10.8. The van der Waals surface area contributed by atoms with Crippen LogP contribution in [0.15, 0.2) is 0 Å². The zero-order valence-electron chi connectivity index (χ0n) is 38.5. The molecular formula is C42H77N11O10. The minimum absolute atomic E-state index is 0.0729. The molecule has 63 heavy (non-hydrogen) atoms. The van der Waals surface area contributed by atoms with Crippen LogP contribution >= 0.6 is 0 Å². The van der Waals surface area contributed by atoms with Crippen molar-refractivity contribution in [3.05, 3.63) is 0 Å². The maximum Gasteiger partial charge on any atom is 0.245 e. The summed E-state index contributed by atoms with van der Waals surface area (Å²) in [6.45, 7) is 14.1. The van der Waals surface area contributed by atoms with Crippen LogP contribution in [0, 0.1) is 17.8 Å². The summed E-state index contributed by atoms with van der Waals surface area (Å²) >= 11 is 0. The van der Waals surface area contributed by atoms with Crippen LogP contribution in [0.1, 0.15) is 126 Å². The molecule has 1 aliphatic rings. The van der Waals surface area contributed by atoms with Crippen LogP contribution in [0.5, 0.6) is 0 Å². The molecule has 10 atom stereocenters. The topological polar surface area (TPSA) is 348 Å². The van der Waals surface area contributed by atoms with Gasteiger partial charge in [0.15, 0.2) is 0 Å². The van der Waals surface area contributed by atoms with Crippen molar-refractivity contribution < 1.29 is 48.3 Å². The number of rotatable bonds is 22. The van der Waals surface area contributed by atoms with Crippen molar-refractivity contribution >= 4 is 53.2 Å². The van der Waals surface area contributed by atoms with Gasteiger partial charge in [0, 0.05) is 6.42 Å². The zero-order valence-corrected chi connectivity index (χ0v) is 38.5. The standard InChI is InChI=1S/C42H77N11O10/c1-9-24(6)33(35(45)56)52-41(62)31(21-23(4)5)50-38(59)28(15-11-13-19-44)47-39(60)29-16-17-32(55)46-25(7)36(57)53-34(26(8)54)42(63)51-30(20-22(2)3)40(61)48-27(37(58)49-29)14-10-12-18-43/h22-31,33-34,54H,9-21,43-44H2,1-8H3,(H2,45,56)(H,46,55)(H,47,60)(H,48,61)(H,49,58)(H,50,59)(H,51,63)(H,52,62)(H,53,57)/t24-,25-,26+,27-,28-,29-,30-,31-,33-,34-/m0/s1. The number of nitrogens with one attached hydrogen (secondary N) is 8. The van der Waals surface area contributed by atoms with Gasteiger partial charge in [0.25, 0.3) is 0 Å². The van der Waals surface area contributed by atoms with Gasteiger partial charge < -0.3 is 64.8 Å². The molecule has 15 N–H and O–H groups in total. The summed E-state index contributed by atoms with van der Waals surface area (Å²) < 4.78 is 0. The number of primary amides is 1. The fraction of sp³-hybridized carbons (Fsp3) is 0.786. The summed E-state index contributed by atoms with van der Waals surface area (Å²) in [5.41, 5.74) is 17.1. The van der Waals surface area contributed by atoms with E-state index in [-0.39, 0.29) is 62.9 Å². The number of unbranched alkanes of at least 4 members (excludes halogenated alkanes) is 2. The van der Waals surface area contributed by atoms with Gasteiger partial charge in [0.05, 0.1) is 6.10 Å². The molecule has 0 bridgehead atoms. The van der Waals surface area contributed by atoms with Crippen molar-refractivity contribution in [2.24, 2.45) is 35.0 Å². The van der Waals surface area contributed by atoms with E-state index in [4.69, 9.17) is 17.2 Å². The fourth-order valence-corrected chi connectivity index (χ4v) is 6.87. The Morgan fingerprint density at radius 3 is 1.86 bits per heavy atom. The average Bonchev–Trinajstić information content (AvgIpc) is 3.20. The molecule has 360 valence electrons. The highest BCUT2D eigenvalue weighted by atomic mass is 16.3. The molecule has 0 aromatic carbocycles. The maximum atomic E-state index is 14.2. The molecule has 21 heteroatoms. The van der Waals surface area contributed by atoms with Crippen molar-refractivity contribution in [1.29, 1.82) is 0 Å². The first-order valence-corrected chi connectivity index (χ1v) is 22.4. The third-order valence-corrected chi connectivity index (χ3v) is 10.8. The van der Waals surface area contributed by atoms with Crippen LogP contribution in [-0.2, 0) is 43.2 Å². The number of nitrogens with two attached hydrogens (primary N) is 3. The minimum atomic E-state index is -1.51. The highest BCUT2D eigenvalue weighted by molar-refractivity contribution is 5.98. The predicted octanol–water partition coefficient (Wildman–Crippen LogP) is -2.06. The summed E-state index contributed by atoms with van der Waals surface area (Å²) in [4.78, 5) is 122. The Hall–Kier alpha value is -4.89. The van der Waals surface area contributed by atoms with E-state index in [0.717, 1.165) is 0 Å². The van der Waals surface area contributed by atoms with Gasteiger partial charge in [0.1, 0.15) is 48.3 Å². The van der Waals surface area contributed by atoms with Gasteiger partial charge in [-0.3, -0.25) is 43.2 Å². The van der Waals surface area contributed by atoms with Crippen LogP contribution in [0.2, 0.25) is 0 Å². The molecule has 0 aromatic heterocycles. The van der Waals surface area contributed by atoms with E-state index >= 15 is 0 Å². The Labute approximate surface area is 371 Å². The van der Waals surface area contributed by atoms with E-state index in [2.05, 4.69) is 42.5 Å². The van der Waals surface area contributed by atoms with Crippen LogP contribution in [0.25, 0.3) is 0 Å². The van der Waals surface area contributed by atoms with Crippen LogP contribution < -0.4 is 59.7 Å². The summed E-state index contributed by atoms with van der Waals surface area (Å²) in [6.07, 6.45) is 0.580. The Balaban J connectivity index is 3.68. The SMILES string of the molecule is CC[C@H](C)[C@H](NC(=O)[C@H](CC(C)C)NC(=O)[C@H](CCCCN)NC(=O)[C@@H]1CCC(=O)N[C@@H](C)C(=O)N[C@@H]([C@@H](C)O)C(=O)N[C@@H](CC(C)C)C(=O)N[C@@H](CCCCN)C(=O)N1)C(N)=O. The zero-order chi connectivity index (χ0) is 48.0. The second-order valence-electron chi connectivity index (χ2n) is 17.5. The average molecular weight is 896 g/mol. The van der Waals surface area contributed by atoms with Crippen LogP contribution in [0.3, 0.4) is 0 Å². The molecule has 1 saturated heterocycles. The summed E-state index contributed by atoms with van der Waals surface area (Å²) in [5, 5.41) is 31.3. The van der Waals surface area contributed by atoms with E-state index in [1.807, 2.05) is 34.6 Å². The Bertz CT molecular complexity index is 1550. The largest absolute Gasteiger partial charge is 0.391 e. The molecule has 1 rings (SSSR count). The number of amides is 9. The Morgan fingerprint density at radius 2 is 1.30 bits per heavy atom. The van der Waals surface area contributed by atoms with Gasteiger partial charge in [-0.1, -0.05) is 48.0 Å². The molecule has 0 unspecified atom stereocenters. The monoisotopic (exact) mass is 896 g/mol. The lowest BCUT2D eigenvalue weighted by atomic mass is 9.97. The van der Waals surface area contributed by atoms with Gasteiger partial charge in [-0.15, -0.1) is 0 Å². The van der Waals surface area contributed by atoms with Crippen molar-refractivity contribution in [2.75, 3.05) is 13.1 Å². The second kappa shape index (κ2) is 28.7. The Morgan fingerprint density at radius 1 is 0.714 bits per heavy atom. The highest BCUT2D eigenvalue weighted by Gasteiger charge is 2.36. The first kappa shape index (κ1) is 56.1. The molecule has 0 aromatic rings. The van der Waals surface area contributed by atoms with E-state index < -0.39 is 114 Å². The lowest BCUT2D eigenvalue weighted by Crippen LogP contribution is -2.61. The first-order chi connectivity index (χ1) is 29.6. The maximum absolute atomic E-state index is 14.2. The van der Waals surface area contributed by atoms with Gasteiger partial charge >= 0.3 is 0 Å². The molecule has 1 heterocycles. The summed E-state index contributed by atoms with van der Waals surface area (Å²) in [5.74, 6) is -7.40. The van der Waals surface area contributed by atoms with Crippen molar-refractivity contribution in [1.82, 2.24) is 42.5 Å². The van der Waals surface area contributed by atoms with Crippen LogP contribution in [-0.4, -0.2) is 126 Å². The highest BCUT2D eigenvalue weighted by Crippen LogP contribution is 2.14. The number of carbonyl (C=O) groups excluding carboxylic acids is 9. The second-order valence-corrected chi connectivity index (χ2v) is 17.5. The molecule has 0 radical (unpaired) electrons. The number of hydrogen-bond donors (Lipinski definition) is 12.